The summed E-state index contributed by atoms with van der Waals surface area (Å²) in [7, 11) is 0. The summed E-state index contributed by atoms with van der Waals surface area (Å²) in [6.07, 6.45) is 3.24. The molecule has 0 fully saturated rings. The Bertz CT molecular complexity index is 426. The van der Waals surface area contributed by atoms with Crippen molar-refractivity contribution in [3.05, 3.63) is 42.0 Å². The average Bonchev–Trinajstić information content (AvgIpc) is 2.70. The fourth-order valence-corrected chi connectivity index (χ4v) is 1.35. The van der Waals surface area contributed by atoms with Gasteiger partial charge in [0.1, 0.15) is 11.6 Å². The first-order chi connectivity index (χ1) is 6.83. The summed E-state index contributed by atoms with van der Waals surface area (Å²) >= 11 is 0. The van der Waals surface area contributed by atoms with Crippen LogP contribution in [0.4, 0.5) is 4.39 Å². The van der Waals surface area contributed by atoms with Gasteiger partial charge in [0.25, 0.3) is 0 Å². The molecule has 0 amide bonds. The monoisotopic (exact) mass is 192 g/mol. The minimum absolute atomic E-state index is 0.266. The third-order valence-electron chi connectivity index (χ3n) is 2.03. The van der Waals surface area contributed by atoms with Crippen LogP contribution < -0.4 is 0 Å². The van der Waals surface area contributed by atoms with E-state index < -0.39 is 5.82 Å². The van der Waals surface area contributed by atoms with Crippen molar-refractivity contribution < 1.29 is 9.50 Å². The molecule has 0 saturated carbocycles. The van der Waals surface area contributed by atoms with Crippen LogP contribution >= 0.6 is 0 Å². The number of aromatic nitrogens is 2. The number of halogens is 1. The lowest BCUT2D eigenvalue weighted by atomic mass is 10.1. The van der Waals surface area contributed by atoms with Crippen molar-refractivity contribution in [2.45, 2.75) is 6.61 Å². The molecule has 0 spiro atoms. The summed E-state index contributed by atoms with van der Waals surface area (Å²) in [6, 6.07) is 4.62. The lowest BCUT2D eigenvalue weighted by Crippen LogP contribution is -1.95. The van der Waals surface area contributed by atoms with Crippen LogP contribution in [0.2, 0.25) is 0 Å². The molecule has 4 heteroatoms. The number of benzene rings is 1. The number of H-pyrrole nitrogens is 1. The third kappa shape index (κ3) is 1.40. The minimum atomic E-state index is -0.415. The summed E-state index contributed by atoms with van der Waals surface area (Å²) in [5.41, 5.74) is 0.861. The number of aliphatic hydroxyl groups excluding tert-OH is 1. The predicted molar refractivity (Wildman–Crippen MR) is 49.9 cm³/mol. The van der Waals surface area contributed by atoms with Crippen molar-refractivity contribution in [1.82, 2.24) is 9.97 Å². The van der Waals surface area contributed by atoms with Gasteiger partial charge in [0.2, 0.25) is 0 Å². The highest BCUT2D eigenvalue weighted by atomic mass is 19.1. The maximum atomic E-state index is 13.2. The van der Waals surface area contributed by atoms with Gasteiger partial charge in [0.05, 0.1) is 6.61 Å². The van der Waals surface area contributed by atoms with Gasteiger partial charge in [0.15, 0.2) is 0 Å². The van der Waals surface area contributed by atoms with Gasteiger partial charge in [-0.2, -0.15) is 0 Å². The topological polar surface area (TPSA) is 48.9 Å². The van der Waals surface area contributed by atoms with E-state index in [0.717, 1.165) is 0 Å². The highest BCUT2D eigenvalue weighted by molar-refractivity contribution is 5.60. The lowest BCUT2D eigenvalue weighted by Gasteiger charge is -2.04. The van der Waals surface area contributed by atoms with Crippen LogP contribution in [0, 0.1) is 5.82 Å². The molecule has 0 aliphatic heterocycles. The first kappa shape index (κ1) is 8.90. The highest BCUT2D eigenvalue weighted by Crippen LogP contribution is 2.22. The van der Waals surface area contributed by atoms with E-state index in [1.807, 2.05) is 0 Å². The Balaban J connectivity index is 2.58. The van der Waals surface area contributed by atoms with E-state index in [4.69, 9.17) is 5.11 Å². The third-order valence-corrected chi connectivity index (χ3v) is 2.03. The van der Waals surface area contributed by atoms with Crippen LogP contribution in [-0.2, 0) is 6.61 Å². The Morgan fingerprint density at radius 3 is 2.93 bits per heavy atom. The van der Waals surface area contributed by atoms with Gasteiger partial charge in [-0.25, -0.2) is 9.37 Å². The van der Waals surface area contributed by atoms with Crippen LogP contribution in [0.1, 0.15) is 5.56 Å². The Morgan fingerprint density at radius 2 is 2.29 bits per heavy atom. The molecular weight excluding hydrogens is 183 g/mol. The molecule has 0 aliphatic carbocycles. The molecule has 1 aromatic heterocycles. The van der Waals surface area contributed by atoms with Crippen molar-refractivity contribution in [2.75, 3.05) is 0 Å². The molecule has 0 bridgehead atoms. The summed E-state index contributed by atoms with van der Waals surface area (Å²) < 4.78 is 13.2. The van der Waals surface area contributed by atoms with Crippen molar-refractivity contribution in [3.8, 4) is 11.4 Å². The molecule has 0 radical (unpaired) electrons. The Labute approximate surface area is 80.2 Å². The molecule has 1 heterocycles. The Morgan fingerprint density at radius 1 is 1.43 bits per heavy atom. The largest absolute Gasteiger partial charge is 0.392 e. The van der Waals surface area contributed by atoms with E-state index in [1.165, 1.54) is 6.07 Å². The SMILES string of the molecule is OCc1c(F)cccc1-c1ncc[nH]1. The molecule has 3 nitrogen and oxygen atoms in total. The minimum Gasteiger partial charge on any atom is -0.392 e. The van der Waals surface area contributed by atoms with Gasteiger partial charge in [-0.15, -0.1) is 0 Å². The Hall–Kier alpha value is -1.68. The maximum Gasteiger partial charge on any atom is 0.137 e. The van der Waals surface area contributed by atoms with E-state index in [9.17, 15) is 4.39 Å². The van der Waals surface area contributed by atoms with E-state index in [0.29, 0.717) is 11.4 Å². The smallest absolute Gasteiger partial charge is 0.137 e. The van der Waals surface area contributed by atoms with E-state index in [1.54, 1.807) is 24.5 Å². The molecule has 0 saturated heterocycles. The van der Waals surface area contributed by atoms with Crippen molar-refractivity contribution >= 4 is 0 Å². The van der Waals surface area contributed by atoms with Crippen LogP contribution in [-0.4, -0.2) is 15.1 Å². The first-order valence-corrected chi connectivity index (χ1v) is 4.21. The van der Waals surface area contributed by atoms with E-state index in [-0.39, 0.29) is 12.2 Å². The molecule has 2 aromatic rings. The highest BCUT2D eigenvalue weighted by Gasteiger charge is 2.10. The van der Waals surface area contributed by atoms with Crippen LogP contribution in [0.15, 0.2) is 30.6 Å². The number of imidazole rings is 1. The lowest BCUT2D eigenvalue weighted by molar-refractivity contribution is 0.276. The molecule has 72 valence electrons. The van der Waals surface area contributed by atoms with E-state index in [2.05, 4.69) is 9.97 Å². The number of nitrogens with one attached hydrogen (secondary N) is 1. The van der Waals surface area contributed by atoms with Crippen molar-refractivity contribution in [1.29, 1.82) is 0 Å². The molecular formula is C10H9FN2O. The van der Waals surface area contributed by atoms with Gasteiger partial charge in [-0.05, 0) is 6.07 Å². The second-order valence-corrected chi connectivity index (χ2v) is 2.86. The standard InChI is InChI=1S/C10H9FN2O/c11-9-3-1-2-7(8(9)6-14)10-12-4-5-13-10/h1-5,14H,6H2,(H,12,13). The molecule has 2 rings (SSSR count). The van der Waals surface area contributed by atoms with Crippen LogP contribution in [0.3, 0.4) is 0 Å². The number of hydrogen-bond acceptors (Lipinski definition) is 2. The fraction of sp³-hybridized carbons (Fsp3) is 0.100. The Kier molecular flexibility index (Phi) is 2.28. The van der Waals surface area contributed by atoms with Gasteiger partial charge < -0.3 is 10.1 Å². The number of aromatic amines is 1. The molecule has 2 N–H and O–H groups in total. The first-order valence-electron chi connectivity index (χ1n) is 4.21. The zero-order chi connectivity index (χ0) is 9.97. The molecule has 0 aliphatic rings. The maximum absolute atomic E-state index is 13.2. The van der Waals surface area contributed by atoms with Crippen molar-refractivity contribution in [3.63, 3.8) is 0 Å². The molecule has 14 heavy (non-hydrogen) atoms. The second kappa shape index (κ2) is 3.59. The van der Waals surface area contributed by atoms with Gasteiger partial charge in [-0.1, -0.05) is 12.1 Å². The summed E-state index contributed by atoms with van der Waals surface area (Å²) in [5.74, 6) is 0.148. The predicted octanol–water partition coefficient (Wildman–Crippen LogP) is 1.71. The second-order valence-electron chi connectivity index (χ2n) is 2.86. The normalized spacial score (nSPS) is 10.4. The summed E-state index contributed by atoms with van der Waals surface area (Å²) in [4.78, 5) is 6.87. The van der Waals surface area contributed by atoms with Crippen LogP contribution in [0.25, 0.3) is 11.4 Å². The average molecular weight is 192 g/mol. The quantitative estimate of drug-likeness (QED) is 0.760. The van der Waals surface area contributed by atoms with Crippen LogP contribution in [0.5, 0.6) is 0 Å². The fourth-order valence-electron chi connectivity index (χ4n) is 1.35. The summed E-state index contributed by atoms with van der Waals surface area (Å²) in [5, 5.41) is 9.02. The zero-order valence-corrected chi connectivity index (χ0v) is 7.37. The van der Waals surface area contributed by atoms with Gasteiger partial charge >= 0.3 is 0 Å². The van der Waals surface area contributed by atoms with Gasteiger partial charge in [-0.3, -0.25) is 0 Å². The van der Waals surface area contributed by atoms with Gasteiger partial charge in [0, 0.05) is 23.5 Å². The molecule has 0 unspecified atom stereocenters. The number of nitrogens with zero attached hydrogens (tertiary/aromatic N) is 1. The number of rotatable bonds is 2. The zero-order valence-electron chi connectivity index (χ0n) is 7.37. The molecule has 1 aromatic carbocycles. The summed E-state index contributed by atoms with van der Waals surface area (Å²) in [6.45, 7) is -0.331. The number of aliphatic hydroxyl groups is 1. The number of hydrogen-bond donors (Lipinski definition) is 2. The molecule has 0 atom stereocenters. The van der Waals surface area contributed by atoms with E-state index >= 15 is 0 Å². The van der Waals surface area contributed by atoms with Crippen molar-refractivity contribution in [2.24, 2.45) is 0 Å².